The van der Waals surface area contributed by atoms with Gasteiger partial charge in [0, 0.05) is 10.4 Å². The van der Waals surface area contributed by atoms with Crippen LogP contribution in [0.15, 0.2) is 30.3 Å². The summed E-state index contributed by atoms with van der Waals surface area (Å²) in [6.45, 7) is 11.5. The average molecular weight is 418 g/mol. The number of hydrogen-bond donors (Lipinski definition) is 3. The molecule has 6 nitrogen and oxygen atoms in total. The summed E-state index contributed by atoms with van der Waals surface area (Å²) < 4.78 is 5.16. The van der Waals surface area contributed by atoms with Crippen molar-refractivity contribution in [3.63, 3.8) is 0 Å². The summed E-state index contributed by atoms with van der Waals surface area (Å²) >= 11 is 1.44. The van der Waals surface area contributed by atoms with Gasteiger partial charge in [-0.05, 0) is 26.3 Å². The SMILES string of the molecule is CCOC(=O)c1c(NC(=O)C[NH+]2CC[NH+](Cc3ccccc3)CC2)sc(C)c1C. The van der Waals surface area contributed by atoms with Gasteiger partial charge in [0.2, 0.25) is 0 Å². The van der Waals surface area contributed by atoms with Crippen LogP contribution in [0.2, 0.25) is 0 Å². The fourth-order valence-electron chi connectivity index (χ4n) is 3.76. The molecule has 0 bridgehead atoms. The number of carbonyl (C=O) groups is 2. The van der Waals surface area contributed by atoms with Crippen LogP contribution in [0.4, 0.5) is 5.00 Å². The molecule has 0 aliphatic carbocycles. The first-order chi connectivity index (χ1) is 14.0. The molecule has 1 saturated heterocycles. The number of rotatable bonds is 7. The first-order valence-corrected chi connectivity index (χ1v) is 11.1. The molecule has 3 N–H and O–H groups in total. The third-order valence-corrected chi connectivity index (χ3v) is 6.61. The molecule has 7 heteroatoms. The number of esters is 1. The highest BCUT2D eigenvalue weighted by Crippen LogP contribution is 2.32. The summed E-state index contributed by atoms with van der Waals surface area (Å²) in [6, 6.07) is 10.6. The van der Waals surface area contributed by atoms with Gasteiger partial charge in [0.1, 0.15) is 37.7 Å². The Kier molecular flexibility index (Phi) is 7.41. The number of aryl methyl sites for hydroxylation is 1. The molecule has 1 aliphatic heterocycles. The van der Waals surface area contributed by atoms with Crippen LogP contribution in [0.25, 0.3) is 0 Å². The van der Waals surface area contributed by atoms with Gasteiger partial charge in [0.25, 0.3) is 5.91 Å². The van der Waals surface area contributed by atoms with E-state index in [1.165, 1.54) is 21.8 Å². The van der Waals surface area contributed by atoms with Crippen molar-refractivity contribution in [3.8, 4) is 0 Å². The summed E-state index contributed by atoms with van der Waals surface area (Å²) in [4.78, 5) is 28.8. The van der Waals surface area contributed by atoms with Gasteiger partial charge in [-0.25, -0.2) is 4.79 Å². The van der Waals surface area contributed by atoms with Crippen molar-refractivity contribution in [2.24, 2.45) is 0 Å². The topological polar surface area (TPSA) is 64.3 Å². The second-order valence-electron chi connectivity index (χ2n) is 7.60. The Morgan fingerprint density at radius 2 is 1.72 bits per heavy atom. The van der Waals surface area contributed by atoms with Crippen molar-refractivity contribution in [1.29, 1.82) is 0 Å². The van der Waals surface area contributed by atoms with Crippen LogP contribution >= 0.6 is 11.3 Å². The highest BCUT2D eigenvalue weighted by molar-refractivity contribution is 7.16. The number of benzene rings is 1. The van der Waals surface area contributed by atoms with Crippen LogP contribution < -0.4 is 15.1 Å². The molecule has 1 aliphatic rings. The highest BCUT2D eigenvalue weighted by Gasteiger charge is 2.27. The maximum Gasteiger partial charge on any atom is 0.341 e. The zero-order valence-corrected chi connectivity index (χ0v) is 18.3. The number of carbonyl (C=O) groups excluding carboxylic acids is 2. The second kappa shape index (κ2) is 10.0. The van der Waals surface area contributed by atoms with Gasteiger partial charge in [-0.1, -0.05) is 30.3 Å². The predicted molar refractivity (Wildman–Crippen MR) is 115 cm³/mol. The van der Waals surface area contributed by atoms with E-state index in [4.69, 9.17) is 4.74 Å². The van der Waals surface area contributed by atoms with E-state index in [1.807, 2.05) is 19.9 Å². The number of thiophene rings is 1. The Hall–Kier alpha value is -2.22. The number of ether oxygens (including phenoxy) is 1. The molecule has 1 fully saturated rings. The third kappa shape index (κ3) is 5.65. The summed E-state index contributed by atoms with van der Waals surface area (Å²) in [6.07, 6.45) is 0. The van der Waals surface area contributed by atoms with Crippen LogP contribution in [0, 0.1) is 13.8 Å². The molecule has 1 aromatic carbocycles. The predicted octanol–water partition coefficient (Wildman–Crippen LogP) is 0.464. The van der Waals surface area contributed by atoms with Crippen molar-refractivity contribution in [3.05, 3.63) is 51.9 Å². The Morgan fingerprint density at radius 3 is 2.38 bits per heavy atom. The van der Waals surface area contributed by atoms with E-state index in [9.17, 15) is 9.59 Å². The van der Waals surface area contributed by atoms with E-state index in [0.717, 1.165) is 43.2 Å². The minimum atomic E-state index is -0.366. The van der Waals surface area contributed by atoms with Crippen LogP contribution in [-0.2, 0) is 16.1 Å². The lowest BCUT2D eigenvalue weighted by Gasteiger charge is -2.29. The Bertz CT molecular complexity index is 842. The summed E-state index contributed by atoms with van der Waals surface area (Å²) in [5.74, 6) is -0.409. The van der Waals surface area contributed by atoms with Crippen molar-refractivity contribution >= 4 is 28.2 Å². The molecule has 0 radical (unpaired) electrons. The quantitative estimate of drug-likeness (QED) is 0.574. The molecule has 2 heterocycles. The third-order valence-electron chi connectivity index (χ3n) is 5.49. The largest absolute Gasteiger partial charge is 0.462 e. The zero-order valence-electron chi connectivity index (χ0n) is 17.5. The van der Waals surface area contributed by atoms with Gasteiger partial charge in [-0.3, -0.25) is 4.79 Å². The summed E-state index contributed by atoms with van der Waals surface area (Å²) in [5.41, 5.74) is 2.74. The van der Waals surface area contributed by atoms with E-state index in [0.29, 0.717) is 23.7 Å². The maximum atomic E-state index is 12.6. The van der Waals surface area contributed by atoms with Crippen molar-refractivity contribution in [2.75, 3.05) is 44.6 Å². The molecular weight excluding hydrogens is 386 g/mol. The molecule has 0 spiro atoms. The fourth-order valence-corrected chi connectivity index (χ4v) is 4.82. The molecule has 2 aromatic rings. The summed E-state index contributed by atoms with van der Waals surface area (Å²) in [5, 5.41) is 3.57. The van der Waals surface area contributed by atoms with Crippen molar-refractivity contribution in [1.82, 2.24) is 0 Å². The molecule has 0 unspecified atom stereocenters. The molecule has 29 heavy (non-hydrogen) atoms. The Labute approximate surface area is 176 Å². The van der Waals surface area contributed by atoms with Gasteiger partial charge in [0.05, 0.1) is 12.2 Å². The lowest BCUT2D eigenvalue weighted by Crippen LogP contribution is -3.28. The van der Waals surface area contributed by atoms with E-state index in [2.05, 4.69) is 29.6 Å². The van der Waals surface area contributed by atoms with Gasteiger partial charge in [-0.2, -0.15) is 0 Å². The summed E-state index contributed by atoms with van der Waals surface area (Å²) in [7, 11) is 0. The minimum absolute atomic E-state index is 0.0432. The van der Waals surface area contributed by atoms with E-state index in [1.54, 1.807) is 11.8 Å². The normalized spacial score (nSPS) is 19.0. The fraction of sp³-hybridized carbons (Fsp3) is 0.455. The van der Waals surface area contributed by atoms with E-state index in [-0.39, 0.29) is 11.9 Å². The Morgan fingerprint density at radius 1 is 1.07 bits per heavy atom. The van der Waals surface area contributed by atoms with Gasteiger partial charge >= 0.3 is 5.97 Å². The van der Waals surface area contributed by atoms with Gasteiger partial charge in [0.15, 0.2) is 6.54 Å². The minimum Gasteiger partial charge on any atom is -0.462 e. The molecule has 156 valence electrons. The number of piperazine rings is 1. The highest BCUT2D eigenvalue weighted by atomic mass is 32.1. The Balaban J connectivity index is 1.52. The van der Waals surface area contributed by atoms with Crippen molar-refractivity contribution in [2.45, 2.75) is 27.3 Å². The van der Waals surface area contributed by atoms with Crippen LogP contribution in [0.1, 0.15) is 33.3 Å². The number of hydrogen-bond acceptors (Lipinski definition) is 4. The van der Waals surface area contributed by atoms with Crippen LogP contribution in [0.3, 0.4) is 0 Å². The number of nitrogens with one attached hydrogen (secondary N) is 3. The van der Waals surface area contributed by atoms with Gasteiger partial charge < -0.3 is 19.9 Å². The number of amides is 1. The molecule has 0 saturated carbocycles. The molecule has 1 amide bonds. The second-order valence-corrected chi connectivity index (χ2v) is 8.82. The maximum absolute atomic E-state index is 12.6. The molecule has 1 aromatic heterocycles. The smallest absolute Gasteiger partial charge is 0.341 e. The first-order valence-electron chi connectivity index (χ1n) is 10.3. The van der Waals surface area contributed by atoms with E-state index < -0.39 is 0 Å². The standard InChI is InChI=1S/C22H29N3O3S/c1-4-28-22(27)20-16(2)17(3)29-21(20)23-19(26)15-25-12-10-24(11-13-25)14-18-8-6-5-7-9-18/h5-9H,4,10-15H2,1-3H3,(H,23,26)/p+2. The van der Waals surface area contributed by atoms with E-state index >= 15 is 0 Å². The zero-order chi connectivity index (χ0) is 20.8. The number of anilines is 1. The monoisotopic (exact) mass is 417 g/mol. The lowest BCUT2D eigenvalue weighted by atomic mass is 10.1. The lowest BCUT2D eigenvalue weighted by molar-refractivity contribution is -1.02. The van der Waals surface area contributed by atoms with Crippen molar-refractivity contribution < 1.29 is 24.1 Å². The number of quaternary nitrogens is 2. The van der Waals surface area contributed by atoms with Gasteiger partial charge in [-0.15, -0.1) is 11.3 Å². The van der Waals surface area contributed by atoms with Crippen LogP contribution in [0.5, 0.6) is 0 Å². The first kappa shape index (κ1) is 21.5. The molecule has 3 rings (SSSR count). The molecule has 0 atom stereocenters. The van der Waals surface area contributed by atoms with Crippen LogP contribution in [-0.4, -0.2) is 51.2 Å². The molecular formula is C22H31N3O3S+2. The average Bonchev–Trinajstić information content (AvgIpc) is 2.97.